The molecule has 0 unspecified atom stereocenters. The Morgan fingerprint density at radius 2 is 1.03 bits per heavy atom. The second-order valence-electron chi connectivity index (χ2n) is 8.56. The first-order valence-corrected chi connectivity index (χ1v) is 14.8. The Morgan fingerprint density at radius 1 is 0.571 bits per heavy atom. The summed E-state index contributed by atoms with van der Waals surface area (Å²) in [5.41, 5.74) is 2.68. The molecule has 3 nitrogen and oxygen atoms in total. The molecule has 0 aliphatic carbocycles. The molecule has 0 aliphatic heterocycles. The van der Waals surface area contributed by atoms with Crippen molar-refractivity contribution in [1.82, 2.24) is 0 Å². The highest BCUT2D eigenvalue weighted by Gasteiger charge is 2.14. The van der Waals surface area contributed by atoms with Crippen LogP contribution >= 0.6 is 0 Å². The molecule has 35 heavy (non-hydrogen) atoms. The maximum atomic E-state index is 11.4. The first-order valence-electron chi connectivity index (χ1n) is 11.2. The third-order valence-electron chi connectivity index (χ3n) is 6.00. The van der Waals surface area contributed by atoms with Crippen LogP contribution in [0.25, 0.3) is 32.3 Å². The molecule has 0 atom stereocenters. The number of hydrogen-bond acceptors (Lipinski definition) is 3. The van der Waals surface area contributed by atoms with Gasteiger partial charge in [-0.1, -0.05) is 83.9 Å². The van der Waals surface area contributed by atoms with Gasteiger partial charge in [-0.2, -0.15) is 0 Å². The lowest BCUT2D eigenvalue weighted by Gasteiger charge is -2.15. The average molecular weight is 590 g/mol. The van der Waals surface area contributed by atoms with Gasteiger partial charge in [0.05, 0.1) is 4.90 Å². The van der Waals surface area contributed by atoms with Crippen LogP contribution in [0.2, 0.25) is 0 Å². The van der Waals surface area contributed by atoms with Gasteiger partial charge in [0, 0.05) is 5.39 Å². The normalized spacial score (nSPS) is 11.6. The molecule has 0 bridgehead atoms. The summed E-state index contributed by atoms with van der Waals surface area (Å²) in [4.78, 5) is -0.150. The van der Waals surface area contributed by atoms with Gasteiger partial charge in [-0.05, 0) is 71.1 Å². The van der Waals surface area contributed by atoms with Gasteiger partial charge in [0.2, 0.25) is 0 Å². The first kappa shape index (κ1) is 23.7. The lowest BCUT2D eigenvalue weighted by atomic mass is 9.94. The molecule has 0 aromatic heterocycles. The van der Waals surface area contributed by atoms with Gasteiger partial charge < -0.3 is 4.55 Å². The Kier molecular flexibility index (Phi) is 6.49. The first-order chi connectivity index (χ1) is 16.8. The molecule has 0 fully saturated rings. The average Bonchev–Trinajstić information content (AvgIpc) is 2.85. The highest BCUT2D eigenvalue weighted by atomic mass is 127. The lowest BCUT2D eigenvalue weighted by molar-refractivity contribution is -0.597. The van der Waals surface area contributed by atoms with Crippen molar-refractivity contribution < 1.29 is 34.2 Å². The molecule has 0 N–H and O–H groups in total. The van der Waals surface area contributed by atoms with E-state index in [1.807, 2.05) is 36.4 Å². The SMILES string of the molecule is Cc1ccc([I+]c2ccc(C)cc2)cc1.O=S(=O)([O-])c1ccc2ccc3cccc4ccc1c2c34. The fourth-order valence-corrected chi connectivity index (χ4v) is 7.08. The van der Waals surface area contributed by atoms with E-state index in [9.17, 15) is 13.0 Å². The van der Waals surface area contributed by atoms with Crippen LogP contribution in [0.1, 0.15) is 11.1 Å². The fraction of sp³-hybridized carbons (Fsp3) is 0.0667. The Hall–Kier alpha value is -3.00. The summed E-state index contributed by atoms with van der Waals surface area (Å²) in [6.07, 6.45) is 0. The summed E-state index contributed by atoms with van der Waals surface area (Å²) in [5.74, 6) is 0. The minimum Gasteiger partial charge on any atom is -0.744 e. The third-order valence-corrected chi connectivity index (χ3v) is 9.58. The number of hydrogen-bond donors (Lipinski definition) is 0. The lowest BCUT2D eigenvalue weighted by Crippen LogP contribution is -3.61. The number of halogens is 1. The molecule has 0 aliphatic rings. The van der Waals surface area contributed by atoms with Gasteiger partial charge in [0.15, 0.2) is 7.14 Å². The van der Waals surface area contributed by atoms with E-state index < -0.39 is 10.1 Å². The zero-order valence-electron chi connectivity index (χ0n) is 19.3. The molecule has 174 valence electrons. The van der Waals surface area contributed by atoms with Gasteiger partial charge in [-0.25, -0.2) is 8.42 Å². The van der Waals surface area contributed by atoms with Crippen LogP contribution in [0.15, 0.2) is 108 Å². The molecule has 6 aromatic carbocycles. The van der Waals surface area contributed by atoms with Crippen LogP contribution in [0.5, 0.6) is 0 Å². The van der Waals surface area contributed by atoms with E-state index in [0.717, 1.165) is 26.9 Å². The van der Waals surface area contributed by atoms with Crippen LogP contribution in [-0.2, 0) is 10.1 Å². The summed E-state index contributed by atoms with van der Waals surface area (Å²) in [7, 11) is -4.48. The molecule has 0 saturated carbocycles. The van der Waals surface area contributed by atoms with Crippen LogP contribution in [0.3, 0.4) is 0 Å². The molecule has 0 heterocycles. The number of aryl methyl sites for hydroxylation is 2. The number of rotatable bonds is 3. The summed E-state index contributed by atoms with van der Waals surface area (Å²) >= 11 is 0.00313. The van der Waals surface area contributed by atoms with E-state index in [1.165, 1.54) is 24.3 Å². The Bertz CT molecular complexity index is 1680. The van der Waals surface area contributed by atoms with Crippen LogP contribution < -0.4 is 21.2 Å². The smallest absolute Gasteiger partial charge is 0.357 e. The zero-order valence-corrected chi connectivity index (χ0v) is 22.3. The van der Waals surface area contributed by atoms with Gasteiger partial charge in [0.1, 0.15) is 10.1 Å². The highest BCUT2D eigenvalue weighted by Crippen LogP contribution is 2.36. The molecule has 0 spiro atoms. The van der Waals surface area contributed by atoms with Crippen molar-refractivity contribution in [2.45, 2.75) is 18.7 Å². The summed E-state index contributed by atoms with van der Waals surface area (Å²) in [5, 5.41) is 5.38. The van der Waals surface area contributed by atoms with Crippen LogP contribution in [0.4, 0.5) is 0 Å². The van der Waals surface area contributed by atoms with Crippen molar-refractivity contribution in [2.24, 2.45) is 0 Å². The van der Waals surface area contributed by atoms with Crippen molar-refractivity contribution in [1.29, 1.82) is 0 Å². The Labute approximate surface area is 215 Å². The van der Waals surface area contributed by atoms with E-state index in [0.29, 0.717) is 5.39 Å². The second-order valence-corrected chi connectivity index (χ2v) is 12.9. The van der Waals surface area contributed by atoms with Crippen molar-refractivity contribution in [3.05, 3.63) is 121 Å². The van der Waals surface area contributed by atoms with E-state index in [2.05, 4.69) is 62.4 Å². The zero-order chi connectivity index (χ0) is 24.6. The van der Waals surface area contributed by atoms with Crippen LogP contribution in [0, 0.1) is 21.0 Å². The third kappa shape index (κ3) is 5.03. The number of benzene rings is 6. The van der Waals surface area contributed by atoms with Crippen molar-refractivity contribution >= 4 is 42.4 Å². The topological polar surface area (TPSA) is 57.2 Å². The molecule has 6 aromatic rings. The molecule has 0 radical (unpaired) electrons. The highest BCUT2D eigenvalue weighted by molar-refractivity contribution is 7.86. The maximum Gasteiger partial charge on any atom is 0.357 e. The van der Waals surface area contributed by atoms with E-state index in [4.69, 9.17) is 0 Å². The minimum absolute atomic E-state index is 0.00313. The van der Waals surface area contributed by atoms with Gasteiger partial charge in [-0.15, -0.1) is 0 Å². The fourth-order valence-electron chi connectivity index (χ4n) is 4.24. The summed E-state index contributed by atoms with van der Waals surface area (Å²) in [6.45, 7) is 4.27. The van der Waals surface area contributed by atoms with Gasteiger partial charge >= 0.3 is 21.2 Å². The molecule has 5 heteroatoms. The largest absolute Gasteiger partial charge is 0.744 e. The van der Waals surface area contributed by atoms with Crippen molar-refractivity contribution in [3.8, 4) is 0 Å². The quantitative estimate of drug-likeness (QED) is 0.179. The molecule has 0 amide bonds. The Balaban J connectivity index is 0.000000152. The predicted molar refractivity (Wildman–Crippen MR) is 138 cm³/mol. The molecule has 0 saturated heterocycles. The van der Waals surface area contributed by atoms with Crippen molar-refractivity contribution in [3.63, 3.8) is 0 Å². The Morgan fingerprint density at radius 3 is 1.54 bits per heavy atom. The maximum absolute atomic E-state index is 11.4. The molecular formula is C30H23IO3S. The summed E-state index contributed by atoms with van der Waals surface area (Å²) < 4.78 is 37.2. The predicted octanol–water partition coefficient (Wildman–Crippen LogP) is 3.92. The van der Waals surface area contributed by atoms with Crippen LogP contribution in [-0.4, -0.2) is 13.0 Å². The summed E-state index contributed by atoms with van der Waals surface area (Å²) in [6, 6.07) is 34.4. The van der Waals surface area contributed by atoms with E-state index in [1.54, 1.807) is 12.1 Å². The standard InChI is InChI=1S/C16H10O3S.C14H14I/c17-20(18,19)14-9-7-12-5-4-10-2-1-3-11-6-8-13(14)16(12)15(10)11;1-11-3-7-13(8-4-11)15-14-9-5-12(2)6-10-14/h1-9H,(H,17,18,19);3-10H,1-2H3/q;+1/p-1. The molecule has 6 rings (SSSR count). The second kappa shape index (κ2) is 9.57. The monoisotopic (exact) mass is 590 g/mol. The molecular weight excluding hydrogens is 567 g/mol. The minimum atomic E-state index is -4.48. The van der Waals surface area contributed by atoms with E-state index >= 15 is 0 Å². The van der Waals surface area contributed by atoms with E-state index in [-0.39, 0.29) is 26.1 Å². The van der Waals surface area contributed by atoms with Gasteiger partial charge in [0.25, 0.3) is 0 Å². The van der Waals surface area contributed by atoms with Crippen molar-refractivity contribution in [2.75, 3.05) is 0 Å². The van der Waals surface area contributed by atoms with Gasteiger partial charge in [-0.3, -0.25) is 0 Å².